The number of esters is 2. The van der Waals surface area contributed by atoms with Gasteiger partial charge in [-0.15, -0.1) is 0 Å². The van der Waals surface area contributed by atoms with Crippen molar-refractivity contribution in [3.05, 3.63) is 109 Å². The second-order valence-corrected chi connectivity index (χ2v) is 18.5. The fraction of sp³-hybridized carbons (Fsp3) is 0.683. The summed E-state index contributed by atoms with van der Waals surface area (Å²) in [4.78, 5) is 25.5. The van der Waals surface area contributed by atoms with Gasteiger partial charge in [0.05, 0.1) is 6.61 Å². The molecule has 0 spiro atoms. The van der Waals surface area contributed by atoms with E-state index < -0.39 is 6.10 Å². The summed E-state index contributed by atoms with van der Waals surface area (Å²) >= 11 is 0. The zero-order chi connectivity index (χ0) is 49.2. The fourth-order valence-electron chi connectivity index (χ4n) is 7.59. The van der Waals surface area contributed by atoms with E-state index in [1.807, 2.05) is 0 Å². The van der Waals surface area contributed by atoms with Crippen LogP contribution in [-0.4, -0.2) is 37.9 Å². The highest BCUT2D eigenvalue weighted by atomic mass is 16.6. The SMILES string of the molecule is CC/C=C\C/C=C\C/C=C\C/C=C\C/C=C\CCCCCC(=O)O[C@H](COCCCCCCCCCCCCCCCCCC)COC(=O)CCC/C=C\C/C=C\C/C=C\C/C=C\CCCCC. The molecular formula is C63H106O5. The van der Waals surface area contributed by atoms with Crippen molar-refractivity contribution < 1.29 is 23.8 Å². The van der Waals surface area contributed by atoms with Gasteiger partial charge in [0.2, 0.25) is 0 Å². The van der Waals surface area contributed by atoms with E-state index in [1.165, 1.54) is 116 Å². The predicted octanol–water partition coefficient (Wildman–Crippen LogP) is 19.6. The Kier molecular flexibility index (Phi) is 54.9. The highest BCUT2D eigenvalue weighted by Gasteiger charge is 2.17. The highest BCUT2D eigenvalue weighted by Crippen LogP contribution is 2.15. The van der Waals surface area contributed by atoms with Gasteiger partial charge in [0.1, 0.15) is 6.61 Å². The van der Waals surface area contributed by atoms with Crippen LogP contribution in [0.1, 0.15) is 252 Å². The standard InChI is InChI=1S/C63H106O5/c1-4-7-10-13-16-19-22-25-28-31-32-34-36-39-42-45-48-51-54-57-63(65)68-61(59-66-58-55-52-49-46-43-40-37-30-27-24-21-18-15-12-9-6-3)60-67-62(64)56-53-50-47-44-41-38-35-33-29-26-23-20-17-14-11-8-5-2/h7,10,16-17,19-20,25-26,28-29,32,34-35,38-39,42,44,47,61H,4-6,8-9,11-15,18,21-24,27,30-31,33,36-37,40-41,43,45-46,48-60H2,1-3H3/b10-7-,19-16-,20-17-,28-25-,29-26-,34-32-,38-35-,42-39-,47-44-/t61-/m1/s1. The average molecular weight is 944 g/mol. The molecular weight excluding hydrogens is 837 g/mol. The first-order chi connectivity index (χ1) is 33.6. The topological polar surface area (TPSA) is 61.8 Å². The first kappa shape index (κ1) is 64.6. The van der Waals surface area contributed by atoms with Gasteiger partial charge in [-0.1, -0.05) is 246 Å². The molecule has 0 aromatic rings. The van der Waals surface area contributed by atoms with Crippen LogP contribution in [-0.2, 0) is 23.8 Å². The van der Waals surface area contributed by atoms with Gasteiger partial charge >= 0.3 is 11.9 Å². The van der Waals surface area contributed by atoms with Crippen molar-refractivity contribution in [2.45, 2.75) is 258 Å². The Labute approximate surface area is 421 Å². The predicted molar refractivity (Wildman–Crippen MR) is 297 cm³/mol. The molecule has 5 nitrogen and oxygen atoms in total. The molecule has 1 atom stereocenters. The lowest BCUT2D eigenvalue weighted by molar-refractivity contribution is -0.163. The number of carbonyl (C=O) groups is 2. The number of ether oxygens (including phenoxy) is 3. The van der Waals surface area contributed by atoms with E-state index in [-0.39, 0.29) is 25.2 Å². The van der Waals surface area contributed by atoms with E-state index in [2.05, 4.69) is 130 Å². The normalized spacial score (nSPS) is 13.0. The summed E-state index contributed by atoms with van der Waals surface area (Å²) in [6.45, 7) is 7.61. The molecule has 0 unspecified atom stereocenters. The van der Waals surface area contributed by atoms with Gasteiger partial charge in [-0.2, -0.15) is 0 Å². The van der Waals surface area contributed by atoms with Crippen molar-refractivity contribution >= 4 is 11.9 Å². The Morgan fingerprint density at radius 1 is 0.338 bits per heavy atom. The number of allylic oxidation sites excluding steroid dienone is 18. The van der Waals surface area contributed by atoms with Gasteiger partial charge in [0.25, 0.3) is 0 Å². The summed E-state index contributed by atoms with van der Waals surface area (Å²) < 4.78 is 17.4. The van der Waals surface area contributed by atoms with E-state index in [0.29, 0.717) is 19.4 Å². The lowest BCUT2D eigenvalue weighted by Crippen LogP contribution is -2.30. The van der Waals surface area contributed by atoms with E-state index in [1.54, 1.807) is 0 Å². The van der Waals surface area contributed by atoms with Crippen molar-refractivity contribution in [1.82, 2.24) is 0 Å². The molecule has 0 aliphatic heterocycles. The number of hydrogen-bond donors (Lipinski definition) is 0. The maximum atomic E-state index is 12.8. The van der Waals surface area contributed by atoms with E-state index in [9.17, 15) is 9.59 Å². The number of carbonyl (C=O) groups excluding carboxylic acids is 2. The zero-order valence-corrected chi connectivity index (χ0v) is 44.6. The van der Waals surface area contributed by atoms with Gasteiger partial charge in [0.15, 0.2) is 6.10 Å². The van der Waals surface area contributed by atoms with Crippen LogP contribution in [0.25, 0.3) is 0 Å². The molecule has 0 bridgehead atoms. The van der Waals surface area contributed by atoms with Gasteiger partial charge < -0.3 is 14.2 Å². The summed E-state index contributed by atoms with van der Waals surface area (Å²) in [6, 6.07) is 0. The third-order valence-corrected chi connectivity index (χ3v) is 11.8. The summed E-state index contributed by atoms with van der Waals surface area (Å²) in [7, 11) is 0. The van der Waals surface area contributed by atoms with Crippen molar-refractivity contribution in [2.75, 3.05) is 19.8 Å². The number of hydrogen-bond acceptors (Lipinski definition) is 5. The van der Waals surface area contributed by atoms with Gasteiger partial charge in [0, 0.05) is 19.4 Å². The molecule has 0 radical (unpaired) electrons. The lowest BCUT2D eigenvalue weighted by Gasteiger charge is -2.18. The lowest BCUT2D eigenvalue weighted by atomic mass is 10.0. The minimum Gasteiger partial charge on any atom is -0.462 e. The molecule has 0 N–H and O–H groups in total. The van der Waals surface area contributed by atoms with E-state index >= 15 is 0 Å². The van der Waals surface area contributed by atoms with Crippen LogP contribution in [0.15, 0.2) is 109 Å². The van der Waals surface area contributed by atoms with Crippen molar-refractivity contribution in [3.8, 4) is 0 Å². The molecule has 0 aromatic carbocycles. The van der Waals surface area contributed by atoms with Gasteiger partial charge in [-0.25, -0.2) is 0 Å². The highest BCUT2D eigenvalue weighted by molar-refractivity contribution is 5.70. The Hall–Kier alpha value is -3.44. The van der Waals surface area contributed by atoms with Crippen molar-refractivity contribution in [2.24, 2.45) is 0 Å². The Morgan fingerprint density at radius 2 is 0.676 bits per heavy atom. The smallest absolute Gasteiger partial charge is 0.306 e. The minimum atomic E-state index is -0.581. The number of unbranched alkanes of at least 4 members (excludes halogenated alkanes) is 22. The van der Waals surface area contributed by atoms with Crippen LogP contribution in [0.4, 0.5) is 0 Å². The van der Waals surface area contributed by atoms with Gasteiger partial charge in [-0.05, 0) is 103 Å². The summed E-state index contributed by atoms with van der Waals surface area (Å²) in [5, 5.41) is 0. The maximum absolute atomic E-state index is 12.8. The Bertz CT molecular complexity index is 1340. The molecule has 68 heavy (non-hydrogen) atoms. The minimum absolute atomic E-state index is 0.0396. The van der Waals surface area contributed by atoms with Crippen LogP contribution in [0, 0.1) is 0 Å². The van der Waals surface area contributed by atoms with Crippen LogP contribution in [0.5, 0.6) is 0 Å². The maximum Gasteiger partial charge on any atom is 0.306 e. The molecule has 0 amide bonds. The summed E-state index contributed by atoms with van der Waals surface area (Å²) in [5.41, 5.74) is 0. The molecule has 5 heteroatoms. The summed E-state index contributed by atoms with van der Waals surface area (Å²) in [6.07, 6.45) is 79.7. The Morgan fingerprint density at radius 3 is 1.12 bits per heavy atom. The third-order valence-electron chi connectivity index (χ3n) is 11.8. The van der Waals surface area contributed by atoms with Crippen LogP contribution in [0.2, 0.25) is 0 Å². The molecule has 0 saturated carbocycles. The molecule has 0 saturated heterocycles. The summed E-state index contributed by atoms with van der Waals surface area (Å²) in [5.74, 6) is -0.498. The average Bonchev–Trinajstić information content (AvgIpc) is 3.34. The molecule has 0 aliphatic carbocycles. The molecule has 0 fully saturated rings. The van der Waals surface area contributed by atoms with Crippen LogP contribution < -0.4 is 0 Å². The molecule has 0 aromatic heterocycles. The van der Waals surface area contributed by atoms with E-state index in [4.69, 9.17) is 14.2 Å². The van der Waals surface area contributed by atoms with Crippen LogP contribution in [0.3, 0.4) is 0 Å². The van der Waals surface area contributed by atoms with Crippen molar-refractivity contribution in [3.63, 3.8) is 0 Å². The molecule has 0 rings (SSSR count). The van der Waals surface area contributed by atoms with Crippen molar-refractivity contribution in [1.29, 1.82) is 0 Å². The zero-order valence-electron chi connectivity index (χ0n) is 44.6. The second kappa shape index (κ2) is 57.9. The first-order valence-electron chi connectivity index (χ1n) is 28.4. The van der Waals surface area contributed by atoms with Gasteiger partial charge in [-0.3, -0.25) is 9.59 Å². The van der Waals surface area contributed by atoms with Crippen LogP contribution >= 0.6 is 0 Å². The molecule has 388 valence electrons. The monoisotopic (exact) mass is 943 g/mol. The molecule has 0 aliphatic rings. The molecule has 0 heterocycles. The quantitative estimate of drug-likeness (QED) is 0.0345. The van der Waals surface area contributed by atoms with E-state index in [0.717, 1.165) is 103 Å². The third kappa shape index (κ3) is 55.2. The fourth-order valence-corrected chi connectivity index (χ4v) is 7.59. The second-order valence-electron chi connectivity index (χ2n) is 18.5. The Balaban J connectivity index is 4.44. The number of rotatable bonds is 51. The largest absolute Gasteiger partial charge is 0.462 e. The first-order valence-corrected chi connectivity index (χ1v) is 28.4.